The number of carboxylic acid groups (broad SMARTS) is 1. The molecule has 0 aromatic heterocycles. The maximum atomic E-state index is 10.5. The summed E-state index contributed by atoms with van der Waals surface area (Å²) in [4.78, 5) is 13.0. The number of hydrogen-bond donors (Lipinski definition) is 1. The Morgan fingerprint density at radius 2 is 2.15 bits per heavy atom. The van der Waals surface area contributed by atoms with Crippen LogP contribution in [0.1, 0.15) is 32.1 Å². The van der Waals surface area contributed by atoms with Crippen LogP contribution in [0.25, 0.3) is 0 Å². The monoisotopic (exact) mass is 183 g/mol. The lowest BCUT2D eigenvalue weighted by atomic mass is 9.92. The second-order valence-electron chi connectivity index (χ2n) is 4.33. The predicted octanol–water partition coefficient (Wildman–Crippen LogP) is 1.34. The second kappa shape index (κ2) is 3.66. The second-order valence-corrected chi connectivity index (χ2v) is 4.33. The molecular weight excluding hydrogens is 166 g/mol. The van der Waals surface area contributed by atoms with Gasteiger partial charge in [-0.15, -0.1) is 0 Å². The molecule has 1 unspecified atom stereocenters. The third kappa shape index (κ3) is 2.02. The minimum atomic E-state index is -0.638. The van der Waals surface area contributed by atoms with Gasteiger partial charge in [0, 0.05) is 19.0 Å². The van der Waals surface area contributed by atoms with Crippen LogP contribution in [0.2, 0.25) is 0 Å². The van der Waals surface area contributed by atoms with Crippen molar-refractivity contribution in [1.29, 1.82) is 0 Å². The average molecular weight is 183 g/mol. The first-order valence-corrected chi connectivity index (χ1v) is 5.21. The van der Waals surface area contributed by atoms with Crippen LogP contribution in [0, 0.1) is 5.92 Å². The molecular formula is C10H17NO2. The van der Waals surface area contributed by atoms with Crippen LogP contribution >= 0.6 is 0 Å². The Balaban J connectivity index is 1.76. The van der Waals surface area contributed by atoms with Crippen LogP contribution in [0.3, 0.4) is 0 Å². The molecule has 1 saturated carbocycles. The Hall–Kier alpha value is -0.570. The average Bonchev–Trinajstić information content (AvgIpc) is 2.31. The van der Waals surface area contributed by atoms with Crippen molar-refractivity contribution < 1.29 is 9.90 Å². The SMILES string of the molecule is O=C(O)CC1CCN(C2CCC2)C1. The fourth-order valence-corrected chi connectivity index (χ4v) is 2.36. The van der Waals surface area contributed by atoms with Crippen molar-refractivity contribution >= 4 is 5.97 Å². The summed E-state index contributed by atoms with van der Waals surface area (Å²) in [7, 11) is 0. The fraction of sp³-hybridized carbons (Fsp3) is 0.900. The maximum Gasteiger partial charge on any atom is 0.303 e. The molecule has 3 nitrogen and oxygen atoms in total. The first kappa shape index (κ1) is 9.00. The summed E-state index contributed by atoms with van der Waals surface area (Å²) in [5.74, 6) is -0.224. The summed E-state index contributed by atoms with van der Waals surface area (Å²) in [6.45, 7) is 2.15. The van der Waals surface area contributed by atoms with E-state index in [1.165, 1.54) is 19.3 Å². The van der Waals surface area contributed by atoms with Crippen LogP contribution < -0.4 is 0 Å². The summed E-state index contributed by atoms with van der Waals surface area (Å²) in [5, 5.41) is 8.65. The van der Waals surface area contributed by atoms with Gasteiger partial charge in [0.05, 0.1) is 0 Å². The smallest absolute Gasteiger partial charge is 0.303 e. The fourth-order valence-electron chi connectivity index (χ4n) is 2.36. The van der Waals surface area contributed by atoms with Crippen molar-refractivity contribution in [3.05, 3.63) is 0 Å². The highest BCUT2D eigenvalue weighted by Crippen LogP contribution is 2.30. The largest absolute Gasteiger partial charge is 0.481 e. The molecule has 1 atom stereocenters. The van der Waals surface area contributed by atoms with Crippen LogP contribution in [0.5, 0.6) is 0 Å². The van der Waals surface area contributed by atoms with Crippen LogP contribution in [-0.2, 0) is 4.79 Å². The molecule has 2 aliphatic rings. The molecule has 0 bridgehead atoms. The van der Waals surface area contributed by atoms with E-state index in [1.54, 1.807) is 0 Å². The number of hydrogen-bond acceptors (Lipinski definition) is 2. The molecule has 2 fully saturated rings. The molecule has 3 heteroatoms. The summed E-state index contributed by atoms with van der Waals surface area (Å²) >= 11 is 0. The van der Waals surface area contributed by atoms with Gasteiger partial charge in [-0.25, -0.2) is 0 Å². The number of rotatable bonds is 3. The van der Waals surface area contributed by atoms with E-state index in [2.05, 4.69) is 4.90 Å². The molecule has 1 saturated heterocycles. The van der Waals surface area contributed by atoms with E-state index in [4.69, 9.17) is 5.11 Å². The molecule has 1 N–H and O–H groups in total. The third-order valence-corrected chi connectivity index (χ3v) is 3.37. The van der Waals surface area contributed by atoms with Gasteiger partial charge in [-0.3, -0.25) is 4.79 Å². The zero-order valence-corrected chi connectivity index (χ0v) is 7.91. The highest BCUT2D eigenvalue weighted by atomic mass is 16.4. The molecule has 0 amide bonds. The number of carbonyl (C=O) groups is 1. The van der Waals surface area contributed by atoms with Gasteiger partial charge in [0.15, 0.2) is 0 Å². The maximum absolute atomic E-state index is 10.5. The summed E-state index contributed by atoms with van der Waals surface area (Å²) in [5.41, 5.74) is 0. The zero-order valence-electron chi connectivity index (χ0n) is 7.91. The normalized spacial score (nSPS) is 30.3. The van der Waals surface area contributed by atoms with Crippen molar-refractivity contribution in [2.75, 3.05) is 13.1 Å². The number of aliphatic carboxylic acids is 1. The van der Waals surface area contributed by atoms with Gasteiger partial charge in [0.2, 0.25) is 0 Å². The van der Waals surface area contributed by atoms with Crippen molar-refractivity contribution in [1.82, 2.24) is 4.90 Å². The molecule has 0 aromatic carbocycles. The molecule has 1 heterocycles. The Bertz CT molecular complexity index is 201. The Morgan fingerprint density at radius 3 is 2.69 bits per heavy atom. The summed E-state index contributed by atoms with van der Waals surface area (Å²) in [6.07, 6.45) is 5.48. The Kier molecular flexibility index (Phi) is 2.54. The van der Waals surface area contributed by atoms with E-state index in [0.717, 1.165) is 25.6 Å². The van der Waals surface area contributed by atoms with Gasteiger partial charge in [-0.05, 0) is 31.7 Å². The zero-order chi connectivity index (χ0) is 9.26. The van der Waals surface area contributed by atoms with Gasteiger partial charge >= 0.3 is 5.97 Å². The number of nitrogens with zero attached hydrogens (tertiary/aromatic N) is 1. The lowest BCUT2D eigenvalue weighted by Crippen LogP contribution is -2.38. The number of likely N-dealkylation sites (tertiary alicyclic amines) is 1. The van der Waals surface area contributed by atoms with Gasteiger partial charge in [-0.2, -0.15) is 0 Å². The highest BCUT2D eigenvalue weighted by molar-refractivity contribution is 5.67. The lowest BCUT2D eigenvalue weighted by Gasteiger charge is -2.34. The van der Waals surface area contributed by atoms with Gasteiger partial charge < -0.3 is 10.0 Å². The molecule has 0 aromatic rings. The molecule has 0 radical (unpaired) electrons. The topological polar surface area (TPSA) is 40.5 Å². The first-order valence-electron chi connectivity index (χ1n) is 5.21. The van der Waals surface area contributed by atoms with Gasteiger partial charge in [0.1, 0.15) is 0 Å². The van der Waals surface area contributed by atoms with Crippen molar-refractivity contribution in [3.8, 4) is 0 Å². The first-order chi connectivity index (χ1) is 6.25. The Labute approximate surface area is 78.7 Å². The quantitative estimate of drug-likeness (QED) is 0.717. The van der Waals surface area contributed by atoms with Crippen LogP contribution in [-0.4, -0.2) is 35.1 Å². The molecule has 0 spiro atoms. The van der Waals surface area contributed by atoms with E-state index >= 15 is 0 Å². The lowest BCUT2D eigenvalue weighted by molar-refractivity contribution is -0.138. The van der Waals surface area contributed by atoms with Crippen molar-refractivity contribution in [3.63, 3.8) is 0 Å². The Morgan fingerprint density at radius 1 is 1.38 bits per heavy atom. The van der Waals surface area contributed by atoms with E-state index in [0.29, 0.717) is 12.3 Å². The predicted molar refractivity (Wildman–Crippen MR) is 49.6 cm³/mol. The van der Waals surface area contributed by atoms with Crippen LogP contribution in [0.4, 0.5) is 0 Å². The van der Waals surface area contributed by atoms with E-state index in [9.17, 15) is 4.79 Å². The van der Waals surface area contributed by atoms with Gasteiger partial charge in [-0.1, -0.05) is 6.42 Å². The molecule has 13 heavy (non-hydrogen) atoms. The van der Waals surface area contributed by atoms with Crippen LogP contribution in [0.15, 0.2) is 0 Å². The van der Waals surface area contributed by atoms with E-state index < -0.39 is 5.97 Å². The summed E-state index contributed by atoms with van der Waals surface area (Å²) in [6, 6.07) is 0.791. The van der Waals surface area contributed by atoms with E-state index in [1.807, 2.05) is 0 Å². The minimum Gasteiger partial charge on any atom is -0.481 e. The van der Waals surface area contributed by atoms with E-state index in [-0.39, 0.29) is 0 Å². The highest BCUT2D eigenvalue weighted by Gasteiger charge is 2.31. The minimum absolute atomic E-state index is 0.364. The molecule has 1 aliphatic carbocycles. The third-order valence-electron chi connectivity index (χ3n) is 3.37. The molecule has 2 rings (SSSR count). The van der Waals surface area contributed by atoms with Gasteiger partial charge in [0.25, 0.3) is 0 Å². The molecule has 74 valence electrons. The standard InChI is InChI=1S/C10H17NO2/c12-10(13)6-8-4-5-11(7-8)9-2-1-3-9/h8-9H,1-7H2,(H,12,13). The summed E-state index contributed by atoms with van der Waals surface area (Å²) < 4.78 is 0. The van der Waals surface area contributed by atoms with Crippen molar-refractivity contribution in [2.24, 2.45) is 5.92 Å². The molecule has 1 aliphatic heterocycles. The van der Waals surface area contributed by atoms with Crippen molar-refractivity contribution in [2.45, 2.75) is 38.1 Å². The number of carboxylic acids is 1.